The molecule has 4 heteroatoms. The third-order valence-corrected chi connectivity index (χ3v) is 4.84. The van der Waals surface area contributed by atoms with Gasteiger partial charge in [0.15, 0.2) is 0 Å². The lowest BCUT2D eigenvalue weighted by Crippen LogP contribution is -2.32. The summed E-state index contributed by atoms with van der Waals surface area (Å²) in [6.07, 6.45) is 7.39. The van der Waals surface area contributed by atoms with Crippen LogP contribution in [0.2, 0.25) is 0 Å². The fourth-order valence-corrected chi connectivity index (χ4v) is 3.62. The normalized spacial score (nSPS) is 24.4. The zero-order chi connectivity index (χ0) is 16.2. The summed E-state index contributed by atoms with van der Waals surface area (Å²) in [6, 6.07) is 7.74. The van der Waals surface area contributed by atoms with Crippen molar-refractivity contribution in [2.75, 3.05) is 13.7 Å². The first-order valence-electron chi connectivity index (χ1n) is 8.47. The molecule has 1 N–H and O–H groups in total. The van der Waals surface area contributed by atoms with Gasteiger partial charge in [-0.25, -0.2) is 0 Å². The van der Waals surface area contributed by atoms with Crippen LogP contribution in [0.5, 0.6) is 5.75 Å². The van der Waals surface area contributed by atoms with Crippen LogP contribution in [0, 0.1) is 0 Å². The van der Waals surface area contributed by atoms with Crippen LogP contribution in [0.4, 0.5) is 0 Å². The van der Waals surface area contributed by atoms with E-state index in [1.165, 1.54) is 18.4 Å². The van der Waals surface area contributed by atoms with E-state index in [2.05, 4.69) is 6.08 Å². The minimum atomic E-state index is -0.449. The van der Waals surface area contributed by atoms with Gasteiger partial charge in [-0.05, 0) is 49.8 Å². The first kappa shape index (κ1) is 16.1. The number of hydrogen-bond donors (Lipinski definition) is 1. The van der Waals surface area contributed by atoms with Gasteiger partial charge in [-0.15, -0.1) is 0 Å². The Morgan fingerprint density at radius 2 is 2.26 bits per heavy atom. The van der Waals surface area contributed by atoms with E-state index in [-0.39, 0.29) is 11.9 Å². The smallest absolute Gasteiger partial charge is 0.227 e. The Labute approximate surface area is 137 Å². The number of carbonyl (C=O) groups is 1. The molecule has 1 amide bonds. The Balaban J connectivity index is 1.76. The molecule has 1 aliphatic carbocycles. The molecule has 4 nitrogen and oxygen atoms in total. The molecule has 0 bridgehead atoms. The average molecular weight is 315 g/mol. The summed E-state index contributed by atoms with van der Waals surface area (Å²) in [5.74, 6) is 0.911. The lowest BCUT2D eigenvalue weighted by molar-refractivity contribution is -0.131. The monoisotopic (exact) mass is 315 g/mol. The molecule has 1 aliphatic heterocycles. The summed E-state index contributed by atoms with van der Waals surface area (Å²) in [4.78, 5) is 14.6. The molecular formula is C19H25NO3. The second kappa shape index (κ2) is 7.18. The van der Waals surface area contributed by atoms with Crippen molar-refractivity contribution in [3.05, 3.63) is 41.5 Å². The maximum Gasteiger partial charge on any atom is 0.227 e. The highest BCUT2D eigenvalue weighted by Crippen LogP contribution is 2.35. The van der Waals surface area contributed by atoms with Gasteiger partial charge in [0.2, 0.25) is 5.91 Å². The van der Waals surface area contributed by atoms with Crippen molar-refractivity contribution in [3.8, 4) is 5.75 Å². The van der Waals surface area contributed by atoms with Gasteiger partial charge in [0.05, 0.1) is 19.3 Å². The number of rotatable bonds is 4. The van der Waals surface area contributed by atoms with Gasteiger partial charge in [0, 0.05) is 13.0 Å². The second-order valence-electron chi connectivity index (χ2n) is 6.51. The summed E-state index contributed by atoms with van der Waals surface area (Å²) in [5, 5.41) is 10.1. The quantitative estimate of drug-likeness (QED) is 0.868. The summed E-state index contributed by atoms with van der Waals surface area (Å²) in [5.41, 5.74) is 2.29. The second-order valence-corrected chi connectivity index (χ2v) is 6.51. The number of aliphatic hydroxyl groups is 1. The molecule has 124 valence electrons. The lowest BCUT2D eigenvalue weighted by atomic mass is 9.96. The lowest BCUT2D eigenvalue weighted by Gasteiger charge is -2.26. The van der Waals surface area contributed by atoms with E-state index in [0.29, 0.717) is 19.4 Å². The molecule has 23 heavy (non-hydrogen) atoms. The van der Waals surface area contributed by atoms with Crippen LogP contribution in [-0.4, -0.2) is 35.7 Å². The first-order valence-corrected chi connectivity index (χ1v) is 8.47. The topological polar surface area (TPSA) is 49.8 Å². The predicted molar refractivity (Wildman–Crippen MR) is 89.2 cm³/mol. The zero-order valence-corrected chi connectivity index (χ0v) is 13.7. The number of likely N-dealkylation sites (tertiary alicyclic amines) is 1. The summed E-state index contributed by atoms with van der Waals surface area (Å²) in [7, 11) is 1.64. The van der Waals surface area contributed by atoms with Crippen molar-refractivity contribution >= 4 is 5.91 Å². The van der Waals surface area contributed by atoms with Crippen LogP contribution in [0.25, 0.3) is 0 Å². The van der Waals surface area contributed by atoms with Gasteiger partial charge < -0.3 is 14.7 Å². The van der Waals surface area contributed by atoms with E-state index in [4.69, 9.17) is 4.74 Å². The third-order valence-electron chi connectivity index (χ3n) is 4.84. The highest BCUT2D eigenvalue weighted by atomic mass is 16.5. The van der Waals surface area contributed by atoms with Gasteiger partial charge in [0.25, 0.3) is 0 Å². The zero-order valence-electron chi connectivity index (χ0n) is 13.7. The maximum atomic E-state index is 12.7. The molecule has 1 saturated heterocycles. The van der Waals surface area contributed by atoms with Crippen molar-refractivity contribution in [2.24, 2.45) is 0 Å². The van der Waals surface area contributed by atoms with Crippen molar-refractivity contribution in [2.45, 2.75) is 50.7 Å². The molecule has 0 unspecified atom stereocenters. The molecular weight excluding hydrogens is 290 g/mol. The SMILES string of the molecule is COc1cccc([C@H]2C[C@H](O)CN2C(=O)CC2=CCCCC2)c1. The van der Waals surface area contributed by atoms with E-state index < -0.39 is 6.10 Å². The first-order chi connectivity index (χ1) is 11.2. The van der Waals surface area contributed by atoms with Crippen molar-refractivity contribution in [3.63, 3.8) is 0 Å². The fraction of sp³-hybridized carbons (Fsp3) is 0.526. The van der Waals surface area contributed by atoms with Crippen LogP contribution in [-0.2, 0) is 4.79 Å². The Bertz CT molecular complexity index is 596. The van der Waals surface area contributed by atoms with Crippen molar-refractivity contribution < 1.29 is 14.6 Å². The number of benzene rings is 1. The highest BCUT2D eigenvalue weighted by Gasteiger charge is 2.35. The molecule has 0 spiro atoms. The minimum absolute atomic E-state index is 0.0585. The van der Waals surface area contributed by atoms with Crippen LogP contribution in [0.1, 0.15) is 50.1 Å². The number of allylic oxidation sites excluding steroid dienone is 1. The Hall–Kier alpha value is -1.81. The standard InChI is InChI=1S/C19H25NO3/c1-23-17-9-5-8-15(11-17)18-12-16(21)13-20(18)19(22)10-14-6-3-2-4-7-14/h5-6,8-9,11,16,18,21H,2-4,7,10,12-13H2,1H3/t16-,18+/m0/s1. The maximum absolute atomic E-state index is 12.7. The molecule has 1 aromatic rings. The van der Waals surface area contributed by atoms with E-state index in [0.717, 1.165) is 24.2 Å². The third kappa shape index (κ3) is 3.75. The van der Waals surface area contributed by atoms with E-state index in [1.54, 1.807) is 7.11 Å². The minimum Gasteiger partial charge on any atom is -0.497 e. The number of carbonyl (C=O) groups excluding carboxylic acids is 1. The van der Waals surface area contributed by atoms with Crippen molar-refractivity contribution in [1.82, 2.24) is 4.90 Å². The number of hydrogen-bond acceptors (Lipinski definition) is 3. The van der Waals surface area contributed by atoms with Crippen LogP contribution in [0.15, 0.2) is 35.9 Å². The Kier molecular flexibility index (Phi) is 5.01. The van der Waals surface area contributed by atoms with Crippen LogP contribution >= 0.6 is 0 Å². The molecule has 1 fully saturated rings. The number of nitrogens with zero attached hydrogens (tertiary/aromatic N) is 1. The fourth-order valence-electron chi connectivity index (χ4n) is 3.62. The van der Waals surface area contributed by atoms with E-state index in [9.17, 15) is 9.90 Å². The molecule has 0 radical (unpaired) electrons. The highest BCUT2D eigenvalue weighted by molar-refractivity contribution is 5.79. The summed E-state index contributed by atoms with van der Waals surface area (Å²) < 4.78 is 5.28. The van der Waals surface area contributed by atoms with Gasteiger partial charge in [-0.1, -0.05) is 23.8 Å². The Morgan fingerprint density at radius 1 is 1.39 bits per heavy atom. The molecule has 1 aromatic carbocycles. The number of ether oxygens (including phenoxy) is 1. The largest absolute Gasteiger partial charge is 0.497 e. The van der Waals surface area contributed by atoms with Gasteiger partial charge >= 0.3 is 0 Å². The summed E-state index contributed by atoms with van der Waals surface area (Å²) in [6.45, 7) is 0.425. The molecule has 2 aliphatic rings. The van der Waals surface area contributed by atoms with E-state index >= 15 is 0 Å². The molecule has 0 aromatic heterocycles. The molecule has 2 atom stereocenters. The number of amides is 1. The van der Waals surface area contributed by atoms with Gasteiger partial charge in [0.1, 0.15) is 5.75 Å². The van der Waals surface area contributed by atoms with Crippen LogP contribution in [0.3, 0.4) is 0 Å². The average Bonchev–Trinajstić information content (AvgIpc) is 2.98. The van der Waals surface area contributed by atoms with Crippen molar-refractivity contribution in [1.29, 1.82) is 0 Å². The van der Waals surface area contributed by atoms with E-state index in [1.807, 2.05) is 29.2 Å². The molecule has 1 heterocycles. The predicted octanol–water partition coefficient (Wildman–Crippen LogP) is 3.22. The molecule has 3 rings (SSSR count). The number of β-amino-alcohol motifs (C(OH)–C–C–N with tert-alkyl or cyclic N) is 1. The summed E-state index contributed by atoms with van der Waals surface area (Å²) >= 11 is 0. The van der Waals surface area contributed by atoms with Crippen LogP contribution < -0.4 is 4.74 Å². The van der Waals surface area contributed by atoms with Gasteiger partial charge in [-0.2, -0.15) is 0 Å². The molecule has 0 saturated carbocycles. The van der Waals surface area contributed by atoms with Gasteiger partial charge in [-0.3, -0.25) is 4.79 Å². The Morgan fingerprint density at radius 3 is 3.00 bits per heavy atom. The number of methoxy groups -OCH3 is 1. The number of aliphatic hydroxyl groups excluding tert-OH is 1.